The number of likely N-dealkylation sites (N-methyl/N-ethyl adjacent to an activating group) is 1. The van der Waals surface area contributed by atoms with Crippen LogP contribution in [0.4, 0.5) is 4.39 Å². The zero-order valence-electron chi connectivity index (χ0n) is 21.6. The third-order valence-electron chi connectivity index (χ3n) is 6.77. The van der Waals surface area contributed by atoms with E-state index in [0.29, 0.717) is 23.7 Å². The zero-order valence-corrected chi connectivity index (χ0v) is 24.0. The molecule has 0 unspecified atom stereocenters. The van der Waals surface area contributed by atoms with Crippen LogP contribution in [0.25, 0.3) is 10.9 Å². The van der Waals surface area contributed by atoms with Gasteiger partial charge in [0, 0.05) is 29.7 Å². The first-order chi connectivity index (χ1) is 18.5. The Labute approximate surface area is 236 Å². The van der Waals surface area contributed by atoms with Crippen molar-refractivity contribution in [3.63, 3.8) is 0 Å². The minimum atomic E-state index is -3.57. The standard InChI is InChI=1S/C26H30Cl2FN5O4S/c1-3-39(37,38)22-7-6-17(27)9-16(22)12-34-15-31-25-19(26(34)36)10-21(29)20(24(25)28)14-33-8-4-5-18(13-33)32-23(35)11-30-2/h6-7,9-10,15,18,30H,3-5,8,11-14H2,1-2H3,(H,32,35)/t18-/m0/s1. The molecule has 1 saturated heterocycles. The Bertz CT molecular complexity index is 1560. The summed E-state index contributed by atoms with van der Waals surface area (Å²) in [6, 6.07) is 5.45. The molecule has 1 aliphatic heterocycles. The van der Waals surface area contributed by atoms with E-state index in [0.717, 1.165) is 18.9 Å². The first kappa shape index (κ1) is 29.4. The van der Waals surface area contributed by atoms with Crippen LogP contribution in [-0.2, 0) is 27.7 Å². The number of nitrogens with one attached hydrogen (secondary N) is 2. The fraction of sp³-hybridized carbons (Fsp3) is 0.423. The predicted octanol–water partition coefficient (Wildman–Crippen LogP) is 2.98. The normalized spacial score (nSPS) is 16.5. The number of likely N-dealkylation sites (tertiary alicyclic amines) is 1. The molecule has 13 heteroatoms. The largest absolute Gasteiger partial charge is 0.351 e. The fourth-order valence-electron chi connectivity index (χ4n) is 4.82. The molecule has 1 fully saturated rings. The van der Waals surface area contributed by atoms with Gasteiger partial charge >= 0.3 is 0 Å². The van der Waals surface area contributed by atoms with E-state index in [2.05, 4.69) is 15.6 Å². The lowest BCUT2D eigenvalue weighted by molar-refractivity contribution is -0.121. The maximum Gasteiger partial charge on any atom is 0.261 e. The number of hydrogen-bond donors (Lipinski definition) is 2. The van der Waals surface area contributed by atoms with Gasteiger partial charge in [0.1, 0.15) is 5.82 Å². The number of fused-ring (bicyclic) bond motifs is 1. The topological polar surface area (TPSA) is 113 Å². The maximum atomic E-state index is 15.3. The molecular formula is C26H30Cl2FN5O4S. The second-order valence-corrected chi connectivity index (χ2v) is 12.6. The number of nitrogens with zero attached hydrogens (tertiary/aromatic N) is 3. The number of benzene rings is 2. The number of carbonyl (C=O) groups is 1. The molecule has 2 heterocycles. The Morgan fingerprint density at radius 2 is 2.00 bits per heavy atom. The van der Waals surface area contributed by atoms with Crippen LogP contribution in [0.3, 0.4) is 0 Å². The molecule has 0 aliphatic carbocycles. The molecule has 2 aromatic carbocycles. The van der Waals surface area contributed by atoms with Gasteiger partial charge in [0.2, 0.25) is 5.91 Å². The monoisotopic (exact) mass is 597 g/mol. The number of carbonyl (C=O) groups excluding carboxylic acids is 1. The van der Waals surface area contributed by atoms with Gasteiger partial charge < -0.3 is 10.6 Å². The molecule has 1 aromatic heterocycles. The summed E-state index contributed by atoms with van der Waals surface area (Å²) in [4.78, 5) is 31.7. The fourth-order valence-corrected chi connectivity index (χ4v) is 6.43. The van der Waals surface area contributed by atoms with Gasteiger partial charge in [-0.2, -0.15) is 0 Å². The van der Waals surface area contributed by atoms with E-state index >= 15 is 4.39 Å². The average Bonchev–Trinajstić information content (AvgIpc) is 2.89. The Morgan fingerprint density at radius 1 is 1.23 bits per heavy atom. The van der Waals surface area contributed by atoms with Crippen molar-refractivity contribution in [1.82, 2.24) is 25.1 Å². The quantitative estimate of drug-likeness (QED) is 0.390. The number of aromatic nitrogens is 2. The molecule has 0 radical (unpaired) electrons. The number of rotatable bonds is 9. The third-order valence-corrected chi connectivity index (χ3v) is 9.24. The molecule has 0 saturated carbocycles. The summed E-state index contributed by atoms with van der Waals surface area (Å²) >= 11 is 12.7. The summed E-state index contributed by atoms with van der Waals surface area (Å²) in [5.41, 5.74) is 0.162. The SMILES string of the molecule is CCS(=O)(=O)c1ccc(Cl)cc1Cn1cnc2c(Cl)c(CN3CCC[C@H](NC(=O)CNC)C3)c(F)cc2c1=O. The molecule has 3 aromatic rings. The molecule has 1 atom stereocenters. The van der Waals surface area contributed by atoms with Crippen molar-refractivity contribution in [2.75, 3.05) is 32.4 Å². The van der Waals surface area contributed by atoms with Crippen molar-refractivity contribution >= 4 is 49.8 Å². The van der Waals surface area contributed by atoms with Crippen molar-refractivity contribution in [1.29, 1.82) is 0 Å². The first-order valence-electron chi connectivity index (χ1n) is 12.6. The zero-order chi connectivity index (χ0) is 28.3. The smallest absolute Gasteiger partial charge is 0.261 e. The van der Waals surface area contributed by atoms with Crippen LogP contribution in [0.1, 0.15) is 30.9 Å². The lowest BCUT2D eigenvalue weighted by Crippen LogP contribution is -2.49. The summed E-state index contributed by atoms with van der Waals surface area (Å²) in [5, 5.41) is 6.15. The summed E-state index contributed by atoms with van der Waals surface area (Å²) in [6.07, 6.45) is 2.93. The molecular weight excluding hydrogens is 568 g/mol. The number of hydrogen-bond acceptors (Lipinski definition) is 7. The summed E-state index contributed by atoms with van der Waals surface area (Å²) < 4.78 is 41.7. The highest BCUT2D eigenvalue weighted by Crippen LogP contribution is 2.29. The Kier molecular flexibility index (Phi) is 9.28. The van der Waals surface area contributed by atoms with Gasteiger partial charge in [0.05, 0.1) is 46.0 Å². The van der Waals surface area contributed by atoms with E-state index in [1.54, 1.807) is 7.05 Å². The maximum absolute atomic E-state index is 15.3. The minimum Gasteiger partial charge on any atom is -0.351 e. The summed E-state index contributed by atoms with van der Waals surface area (Å²) in [6.45, 7) is 3.09. The van der Waals surface area contributed by atoms with Crippen LogP contribution in [0.5, 0.6) is 0 Å². The number of halogens is 3. The summed E-state index contributed by atoms with van der Waals surface area (Å²) in [7, 11) is -1.87. The predicted molar refractivity (Wildman–Crippen MR) is 150 cm³/mol. The van der Waals surface area contributed by atoms with Crippen molar-refractivity contribution in [2.24, 2.45) is 0 Å². The highest BCUT2D eigenvalue weighted by Gasteiger charge is 2.25. The Hall–Kier alpha value is -2.57. The molecule has 4 rings (SSSR count). The summed E-state index contributed by atoms with van der Waals surface area (Å²) in [5.74, 6) is -0.852. The minimum absolute atomic E-state index is 0.0125. The van der Waals surface area contributed by atoms with Gasteiger partial charge in [-0.15, -0.1) is 0 Å². The third kappa shape index (κ3) is 6.60. The Balaban J connectivity index is 1.62. The van der Waals surface area contributed by atoms with Crippen LogP contribution in [0, 0.1) is 5.82 Å². The lowest BCUT2D eigenvalue weighted by Gasteiger charge is -2.33. The molecule has 2 N–H and O–H groups in total. The van der Waals surface area contributed by atoms with Crippen molar-refractivity contribution in [3.8, 4) is 0 Å². The Morgan fingerprint density at radius 3 is 2.72 bits per heavy atom. The molecule has 0 bridgehead atoms. The molecule has 210 valence electrons. The lowest BCUT2D eigenvalue weighted by atomic mass is 10.0. The highest BCUT2D eigenvalue weighted by atomic mass is 35.5. The van der Waals surface area contributed by atoms with E-state index in [1.165, 1.54) is 36.0 Å². The van der Waals surface area contributed by atoms with Gasteiger partial charge in [-0.05, 0) is 56.3 Å². The van der Waals surface area contributed by atoms with E-state index in [1.807, 2.05) is 4.90 Å². The number of piperidine rings is 1. The van der Waals surface area contributed by atoms with E-state index in [9.17, 15) is 18.0 Å². The van der Waals surface area contributed by atoms with Gasteiger partial charge in [-0.25, -0.2) is 17.8 Å². The van der Waals surface area contributed by atoms with Crippen LogP contribution in [0.2, 0.25) is 10.0 Å². The van der Waals surface area contributed by atoms with Crippen molar-refractivity contribution in [2.45, 2.75) is 43.8 Å². The van der Waals surface area contributed by atoms with Crippen LogP contribution >= 0.6 is 23.2 Å². The molecule has 1 amide bonds. The van der Waals surface area contributed by atoms with Gasteiger partial charge in [-0.1, -0.05) is 30.1 Å². The molecule has 39 heavy (non-hydrogen) atoms. The molecule has 1 aliphatic rings. The highest BCUT2D eigenvalue weighted by molar-refractivity contribution is 7.91. The van der Waals surface area contributed by atoms with Gasteiger partial charge in [-0.3, -0.25) is 19.1 Å². The first-order valence-corrected chi connectivity index (χ1v) is 15.0. The van der Waals surface area contributed by atoms with Crippen LogP contribution in [0.15, 0.2) is 40.3 Å². The van der Waals surface area contributed by atoms with Gasteiger partial charge in [0.15, 0.2) is 9.84 Å². The van der Waals surface area contributed by atoms with Crippen molar-refractivity contribution < 1.29 is 17.6 Å². The average molecular weight is 599 g/mol. The van der Waals surface area contributed by atoms with Gasteiger partial charge in [0.25, 0.3) is 5.56 Å². The number of sulfone groups is 1. The van der Waals surface area contributed by atoms with Crippen LogP contribution in [-0.4, -0.2) is 67.3 Å². The van der Waals surface area contributed by atoms with Crippen LogP contribution < -0.4 is 16.2 Å². The molecule has 0 spiro atoms. The van der Waals surface area contributed by atoms with Crippen molar-refractivity contribution in [3.05, 3.63) is 67.9 Å². The van der Waals surface area contributed by atoms with E-state index < -0.39 is 21.2 Å². The van der Waals surface area contributed by atoms with E-state index in [4.69, 9.17) is 23.2 Å². The second kappa shape index (κ2) is 12.3. The second-order valence-electron chi connectivity index (χ2n) is 9.55. The van der Waals surface area contributed by atoms with E-state index in [-0.39, 0.29) is 63.7 Å². The number of amides is 1. The molecule has 9 nitrogen and oxygen atoms in total.